The second-order valence-electron chi connectivity index (χ2n) is 7.18. The Morgan fingerprint density at radius 1 is 1.29 bits per heavy atom. The second-order valence-corrected chi connectivity index (χ2v) is 7.18. The Hall–Kier alpha value is -2.64. The minimum Gasteiger partial charge on any atom is -0.395 e. The van der Waals surface area contributed by atoms with Crippen molar-refractivity contribution in [3.8, 4) is 0 Å². The fraction of sp³-hybridized carbons (Fsp3) is 0.429. The fourth-order valence-electron chi connectivity index (χ4n) is 3.58. The number of aliphatic hydroxyl groups excluding tert-OH is 1. The maximum atomic E-state index is 9.11. The van der Waals surface area contributed by atoms with Gasteiger partial charge in [0.05, 0.1) is 18.9 Å². The van der Waals surface area contributed by atoms with E-state index in [1.54, 1.807) is 0 Å². The van der Waals surface area contributed by atoms with E-state index in [1.165, 1.54) is 10.9 Å². The summed E-state index contributed by atoms with van der Waals surface area (Å²) in [6.45, 7) is 3.66. The molecule has 1 saturated heterocycles. The van der Waals surface area contributed by atoms with Gasteiger partial charge in [-0.1, -0.05) is 18.2 Å². The van der Waals surface area contributed by atoms with Crippen molar-refractivity contribution in [1.82, 2.24) is 14.5 Å². The van der Waals surface area contributed by atoms with Crippen molar-refractivity contribution >= 4 is 22.7 Å². The molecule has 0 saturated carbocycles. The number of nitrogens with one attached hydrogen (secondary N) is 1. The summed E-state index contributed by atoms with van der Waals surface area (Å²) in [4.78, 5) is 11.4. The molecule has 148 valence electrons. The second kappa shape index (κ2) is 8.58. The molecule has 0 bridgehead atoms. The lowest BCUT2D eigenvalue weighted by Gasteiger charge is -2.21. The van der Waals surface area contributed by atoms with Gasteiger partial charge in [-0.05, 0) is 23.9 Å². The van der Waals surface area contributed by atoms with Crippen LogP contribution in [0, 0.1) is 0 Å². The number of nitrogens with zero attached hydrogens (tertiary/aromatic N) is 4. The molecule has 7 heteroatoms. The summed E-state index contributed by atoms with van der Waals surface area (Å²) in [6.07, 6.45) is 3.11. The number of hydrogen-bond acceptors (Lipinski definition) is 6. The van der Waals surface area contributed by atoms with Crippen LogP contribution in [-0.2, 0) is 11.3 Å². The van der Waals surface area contributed by atoms with Crippen LogP contribution in [0.2, 0.25) is 0 Å². The molecule has 0 unspecified atom stereocenters. The summed E-state index contributed by atoms with van der Waals surface area (Å²) in [7, 11) is 2.05. The van der Waals surface area contributed by atoms with E-state index in [0.29, 0.717) is 25.0 Å². The number of benzene rings is 1. The van der Waals surface area contributed by atoms with Crippen molar-refractivity contribution < 1.29 is 9.84 Å². The first-order chi connectivity index (χ1) is 13.7. The Kier molecular flexibility index (Phi) is 5.73. The molecule has 3 heterocycles. The summed E-state index contributed by atoms with van der Waals surface area (Å²) in [6, 6.07) is 12.6. The third-order valence-electron chi connectivity index (χ3n) is 5.22. The van der Waals surface area contributed by atoms with Gasteiger partial charge >= 0.3 is 0 Å². The number of fused-ring (bicyclic) bond motifs is 1. The normalized spacial score (nSPS) is 16.6. The van der Waals surface area contributed by atoms with Crippen molar-refractivity contribution in [3.05, 3.63) is 48.3 Å². The van der Waals surface area contributed by atoms with Gasteiger partial charge in [0.1, 0.15) is 5.82 Å². The van der Waals surface area contributed by atoms with Crippen LogP contribution in [0.5, 0.6) is 0 Å². The summed E-state index contributed by atoms with van der Waals surface area (Å²) < 4.78 is 7.80. The van der Waals surface area contributed by atoms with E-state index < -0.39 is 0 Å². The summed E-state index contributed by atoms with van der Waals surface area (Å²) in [5.41, 5.74) is 2.24. The molecule has 1 atom stereocenters. The lowest BCUT2D eigenvalue weighted by molar-refractivity contribution is 0.193. The summed E-state index contributed by atoms with van der Waals surface area (Å²) in [5, 5.41) is 13.5. The van der Waals surface area contributed by atoms with E-state index in [2.05, 4.69) is 74.4 Å². The van der Waals surface area contributed by atoms with E-state index in [-0.39, 0.29) is 6.61 Å². The first-order valence-corrected chi connectivity index (χ1v) is 9.81. The third-order valence-corrected chi connectivity index (χ3v) is 5.22. The highest BCUT2D eigenvalue weighted by molar-refractivity contribution is 5.79. The molecule has 1 aliphatic heterocycles. The van der Waals surface area contributed by atoms with Gasteiger partial charge in [-0.3, -0.25) is 0 Å². The minimum atomic E-state index is 0.0476. The van der Waals surface area contributed by atoms with Gasteiger partial charge in [-0.2, -0.15) is 4.98 Å². The standard InChI is InChI=1S/C21H27N5O2/c1-25(10-11-26-9-6-16-4-2-3-5-19(16)26)20-14-18(17-7-13-28-15-17)23-21(24-20)22-8-12-27/h2-6,9,14,17,27H,7-8,10-13,15H2,1H3,(H,22,23,24)/t17-/m0/s1. The molecule has 2 N–H and O–H groups in total. The molecule has 2 aromatic heterocycles. The molecular formula is C21H27N5O2. The highest BCUT2D eigenvalue weighted by atomic mass is 16.5. The maximum Gasteiger partial charge on any atom is 0.224 e. The molecule has 1 aromatic carbocycles. The molecule has 7 nitrogen and oxygen atoms in total. The molecule has 3 aromatic rings. The molecule has 0 amide bonds. The van der Waals surface area contributed by atoms with Crippen molar-refractivity contribution in [3.63, 3.8) is 0 Å². The lowest BCUT2D eigenvalue weighted by Crippen LogP contribution is -2.24. The van der Waals surface area contributed by atoms with Crippen LogP contribution in [0.25, 0.3) is 10.9 Å². The predicted molar refractivity (Wildman–Crippen MR) is 111 cm³/mol. The number of anilines is 2. The first kappa shape index (κ1) is 18.7. The van der Waals surface area contributed by atoms with Crippen molar-refractivity contribution in [2.75, 3.05) is 50.2 Å². The Labute approximate surface area is 165 Å². The van der Waals surface area contributed by atoms with E-state index in [4.69, 9.17) is 9.84 Å². The number of ether oxygens (including phenoxy) is 1. The molecule has 0 aliphatic carbocycles. The topological polar surface area (TPSA) is 75.4 Å². The van der Waals surface area contributed by atoms with Crippen LogP contribution in [0.15, 0.2) is 42.6 Å². The SMILES string of the molecule is CN(CCn1ccc2ccccc21)c1cc([C@H]2CCOC2)nc(NCCO)n1. The minimum absolute atomic E-state index is 0.0476. The van der Waals surface area contributed by atoms with Crippen LogP contribution in [-0.4, -0.2) is 59.6 Å². The van der Waals surface area contributed by atoms with Crippen molar-refractivity contribution in [2.45, 2.75) is 18.9 Å². The zero-order chi connectivity index (χ0) is 19.3. The van der Waals surface area contributed by atoms with Gasteiger partial charge in [0, 0.05) is 57.0 Å². The fourth-order valence-corrected chi connectivity index (χ4v) is 3.58. The summed E-state index contributed by atoms with van der Waals surface area (Å²) >= 11 is 0. The average molecular weight is 381 g/mol. The highest BCUT2D eigenvalue weighted by Gasteiger charge is 2.21. The van der Waals surface area contributed by atoms with E-state index in [0.717, 1.165) is 37.6 Å². The van der Waals surface area contributed by atoms with Crippen molar-refractivity contribution in [2.24, 2.45) is 0 Å². The van der Waals surface area contributed by atoms with Gasteiger partial charge in [0.25, 0.3) is 0 Å². The molecule has 0 spiro atoms. The van der Waals surface area contributed by atoms with Gasteiger partial charge in [0.15, 0.2) is 0 Å². The number of aromatic nitrogens is 3. The number of aliphatic hydroxyl groups is 1. The molecule has 0 radical (unpaired) electrons. The number of rotatable bonds is 8. The molecule has 1 aliphatic rings. The van der Waals surface area contributed by atoms with Gasteiger partial charge in [-0.15, -0.1) is 0 Å². The molecule has 28 heavy (non-hydrogen) atoms. The monoisotopic (exact) mass is 381 g/mol. The maximum absolute atomic E-state index is 9.11. The third kappa shape index (κ3) is 4.10. The van der Waals surface area contributed by atoms with E-state index in [1.807, 2.05) is 0 Å². The Morgan fingerprint density at radius 2 is 2.18 bits per heavy atom. The van der Waals surface area contributed by atoms with Crippen LogP contribution < -0.4 is 10.2 Å². The Balaban J connectivity index is 1.51. The van der Waals surface area contributed by atoms with Gasteiger partial charge in [0.2, 0.25) is 5.95 Å². The van der Waals surface area contributed by atoms with Gasteiger partial charge in [-0.25, -0.2) is 4.98 Å². The predicted octanol–water partition coefficient (Wildman–Crippen LogP) is 2.48. The van der Waals surface area contributed by atoms with Crippen LogP contribution in [0.3, 0.4) is 0 Å². The van der Waals surface area contributed by atoms with E-state index >= 15 is 0 Å². The lowest BCUT2D eigenvalue weighted by atomic mass is 10.0. The Morgan fingerprint density at radius 3 is 3.00 bits per heavy atom. The van der Waals surface area contributed by atoms with Crippen molar-refractivity contribution in [1.29, 1.82) is 0 Å². The highest BCUT2D eigenvalue weighted by Crippen LogP contribution is 2.27. The van der Waals surface area contributed by atoms with Crippen LogP contribution >= 0.6 is 0 Å². The number of para-hydroxylation sites is 1. The molecule has 4 rings (SSSR count). The molecular weight excluding hydrogens is 354 g/mol. The quantitative estimate of drug-likeness (QED) is 0.624. The molecule has 1 fully saturated rings. The number of hydrogen-bond donors (Lipinski definition) is 2. The number of likely N-dealkylation sites (N-methyl/N-ethyl adjacent to an activating group) is 1. The van der Waals surface area contributed by atoms with Crippen LogP contribution in [0.1, 0.15) is 18.0 Å². The average Bonchev–Trinajstić information content (AvgIpc) is 3.40. The summed E-state index contributed by atoms with van der Waals surface area (Å²) in [5.74, 6) is 1.75. The zero-order valence-corrected chi connectivity index (χ0v) is 16.2. The van der Waals surface area contributed by atoms with Gasteiger partial charge < -0.3 is 24.6 Å². The van der Waals surface area contributed by atoms with Crippen LogP contribution in [0.4, 0.5) is 11.8 Å². The first-order valence-electron chi connectivity index (χ1n) is 9.81. The Bertz CT molecular complexity index is 920. The largest absolute Gasteiger partial charge is 0.395 e. The zero-order valence-electron chi connectivity index (χ0n) is 16.2. The van der Waals surface area contributed by atoms with E-state index in [9.17, 15) is 0 Å². The smallest absolute Gasteiger partial charge is 0.224 e.